The molecule has 1 N–H and O–H groups in total. The average molecular weight is 402 g/mol. The van der Waals surface area contributed by atoms with Crippen LogP contribution in [0.25, 0.3) is 22.6 Å². The molecule has 3 aromatic carbocycles. The van der Waals surface area contributed by atoms with Crippen LogP contribution in [0.15, 0.2) is 59.0 Å². The van der Waals surface area contributed by atoms with E-state index in [1.54, 1.807) is 32.4 Å². The Kier molecular flexibility index (Phi) is 5.14. The lowest BCUT2D eigenvalue weighted by Gasteiger charge is -2.11. The highest BCUT2D eigenvalue weighted by Gasteiger charge is 2.14. The summed E-state index contributed by atoms with van der Waals surface area (Å²) < 4.78 is 16.4. The molecule has 6 heteroatoms. The van der Waals surface area contributed by atoms with Crippen LogP contribution in [0.2, 0.25) is 0 Å². The van der Waals surface area contributed by atoms with Crippen LogP contribution < -0.4 is 14.8 Å². The number of nitrogens with one attached hydrogen (secondary N) is 1. The predicted octanol–water partition coefficient (Wildman–Crippen LogP) is 5.38. The largest absolute Gasteiger partial charge is 0.497 e. The topological polar surface area (TPSA) is 73.6 Å². The van der Waals surface area contributed by atoms with Gasteiger partial charge in [-0.25, -0.2) is 4.98 Å². The van der Waals surface area contributed by atoms with Gasteiger partial charge in [-0.2, -0.15) is 0 Å². The molecule has 0 atom stereocenters. The Morgan fingerprint density at radius 2 is 1.67 bits per heavy atom. The number of aromatic nitrogens is 1. The third kappa shape index (κ3) is 3.85. The van der Waals surface area contributed by atoms with Gasteiger partial charge in [-0.3, -0.25) is 4.79 Å². The number of rotatable bonds is 5. The molecule has 0 saturated heterocycles. The number of nitrogens with zero attached hydrogens (tertiary/aromatic N) is 1. The van der Waals surface area contributed by atoms with Crippen molar-refractivity contribution in [2.75, 3.05) is 19.5 Å². The minimum Gasteiger partial charge on any atom is -0.497 e. The third-order valence-electron chi connectivity index (χ3n) is 4.89. The number of ether oxygens (including phenoxy) is 2. The van der Waals surface area contributed by atoms with Crippen LogP contribution in [-0.4, -0.2) is 25.1 Å². The molecule has 6 nitrogen and oxygen atoms in total. The maximum absolute atomic E-state index is 12.9. The summed E-state index contributed by atoms with van der Waals surface area (Å²) in [6, 6.07) is 16.7. The molecule has 0 spiro atoms. The normalized spacial score (nSPS) is 10.8. The third-order valence-corrected chi connectivity index (χ3v) is 4.89. The maximum Gasteiger partial charge on any atom is 0.255 e. The van der Waals surface area contributed by atoms with Crippen LogP contribution in [0.4, 0.5) is 5.69 Å². The first-order valence-corrected chi connectivity index (χ1v) is 9.49. The second-order valence-electron chi connectivity index (χ2n) is 7.08. The second kappa shape index (κ2) is 7.91. The number of benzene rings is 3. The molecule has 30 heavy (non-hydrogen) atoms. The number of hydrogen-bond acceptors (Lipinski definition) is 5. The number of carbonyl (C=O) groups excluding carboxylic acids is 1. The van der Waals surface area contributed by atoms with E-state index in [0.29, 0.717) is 28.6 Å². The van der Waals surface area contributed by atoms with Gasteiger partial charge in [0, 0.05) is 22.9 Å². The average Bonchev–Trinajstić information content (AvgIpc) is 3.17. The highest BCUT2D eigenvalue weighted by Crippen LogP contribution is 2.29. The lowest BCUT2D eigenvalue weighted by Crippen LogP contribution is -2.13. The first kappa shape index (κ1) is 19.5. The van der Waals surface area contributed by atoms with Crippen molar-refractivity contribution < 1.29 is 18.7 Å². The smallest absolute Gasteiger partial charge is 0.255 e. The molecule has 152 valence electrons. The summed E-state index contributed by atoms with van der Waals surface area (Å²) in [5.74, 6) is 1.34. The summed E-state index contributed by atoms with van der Waals surface area (Å²) in [4.78, 5) is 17.4. The van der Waals surface area contributed by atoms with E-state index in [0.717, 1.165) is 27.8 Å². The molecule has 1 aromatic heterocycles. The molecule has 1 amide bonds. The molecule has 0 radical (unpaired) electrons. The summed E-state index contributed by atoms with van der Waals surface area (Å²) >= 11 is 0. The van der Waals surface area contributed by atoms with Gasteiger partial charge in [-0.15, -0.1) is 0 Å². The number of anilines is 1. The molecule has 0 fully saturated rings. The first-order chi connectivity index (χ1) is 14.5. The van der Waals surface area contributed by atoms with E-state index in [9.17, 15) is 4.79 Å². The van der Waals surface area contributed by atoms with Gasteiger partial charge in [-0.05, 0) is 61.4 Å². The van der Waals surface area contributed by atoms with E-state index < -0.39 is 0 Å². The first-order valence-electron chi connectivity index (χ1n) is 9.49. The summed E-state index contributed by atoms with van der Waals surface area (Å²) in [5.41, 5.74) is 5.47. The van der Waals surface area contributed by atoms with E-state index in [-0.39, 0.29) is 5.91 Å². The van der Waals surface area contributed by atoms with Gasteiger partial charge >= 0.3 is 0 Å². The maximum atomic E-state index is 12.9. The van der Waals surface area contributed by atoms with E-state index >= 15 is 0 Å². The lowest BCUT2D eigenvalue weighted by atomic mass is 10.1. The van der Waals surface area contributed by atoms with Crippen molar-refractivity contribution in [2.24, 2.45) is 0 Å². The highest BCUT2D eigenvalue weighted by molar-refractivity contribution is 6.05. The van der Waals surface area contributed by atoms with Gasteiger partial charge in [0.05, 0.1) is 14.2 Å². The fraction of sp³-hybridized carbons (Fsp3) is 0.167. The van der Waals surface area contributed by atoms with Crippen LogP contribution in [0, 0.1) is 13.8 Å². The SMILES string of the molecule is COc1cc(OC)cc(C(=O)Nc2cc(-c3nc4ccc(C)cc4o3)ccc2C)c1. The van der Waals surface area contributed by atoms with Crippen molar-refractivity contribution in [2.45, 2.75) is 13.8 Å². The molecule has 0 bridgehead atoms. The van der Waals surface area contributed by atoms with E-state index in [4.69, 9.17) is 13.9 Å². The zero-order chi connectivity index (χ0) is 21.3. The molecular weight excluding hydrogens is 380 g/mol. The molecule has 1 heterocycles. The Morgan fingerprint density at radius 3 is 2.37 bits per heavy atom. The zero-order valence-electron chi connectivity index (χ0n) is 17.3. The summed E-state index contributed by atoms with van der Waals surface area (Å²) in [6.07, 6.45) is 0. The highest BCUT2D eigenvalue weighted by atomic mass is 16.5. The molecule has 0 saturated carbocycles. The molecule has 0 aliphatic rings. The zero-order valence-corrected chi connectivity index (χ0v) is 17.3. The van der Waals surface area contributed by atoms with E-state index in [1.807, 2.05) is 50.2 Å². The van der Waals surface area contributed by atoms with Crippen LogP contribution in [0.5, 0.6) is 11.5 Å². The number of oxazole rings is 1. The minimum atomic E-state index is -0.263. The Morgan fingerprint density at radius 1 is 0.933 bits per heavy atom. The van der Waals surface area contributed by atoms with Crippen LogP contribution >= 0.6 is 0 Å². The summed E-state index contributed by atoms with van der Waals surface area (Å²) in [5, 5.41) is 2.96. The number of methoxy groups -OCH3 is 2. The Labute approximate surface area is 174 Å². The van der Waals surface area contributed by atoms with Crippen molar-refractivity contribution in [3.8, 4) is 23.0 Å². The monoisotopic (exact) mass is 402 g/mol. The summed E-state index contributed by atoms with van der Waals surface area (Å²) in [6.45, 7) is 3.94. The van der Waals surface area contributed by atoms with Crippen molar-refractivity contribution >= 4 is 22.7 Å². The van der Waals surface area contributed by atoms with E-state index in [1.165, 1.54) is 0 Å². The fourth-order valence-corrected chi connectivity index (χ4v) is 3.18. The lowest BCUT2D eigenvalue weighted by molar-refractivity contribution is 0.102. The summed E-state index contributed by atoms with van der Waals surface area (Å²) in [7, 11) is 3.10. The van der Waals surface area contributed by atoms with Gasteiger partial charge < -0.3 is 19.2 Å². The van der Waals surface area contributed by atoms with Crippen molar-refractivity contribution in [1.29, 1.82) is 0 Å². The predicted molar refractivity (Wildman–Crippen MR) is 116 cm³/mol. The number of amides is 1. The van der Waals surface area contributed by atoms with Crippen molar-refractivity contribution in [3.05, 3.63) is 71.3 Å². The number of carbonyl (C=O) groups is 1. The van der Waals surface area contributed by atoms with Gasteiger partial charge in [0.15, 0.2) is 5.58 Å². The van der Waals surface area contributed by atoms with Gasteiger partial charge in [-0.1, -0.05) is 12.1 Å². The second-order valence-corrected chi connectivity index (χ2v) is 7.08. The molecular formula is C24H22N2O4. The molecule has 4 aromatic rings. The Balaban J connectivity index is 1.65. The molecule has 0 aliphatic carbocycles. The molecule has 0 aliphatic heterocycles. The number of aryl methyl sites for hydroxylation is 2. The van der Waals surface area contributed by atoms with Crippen LogP contribution in [0.3, 0.4) is 0 Å². The quantitative estimate of drug-likeness (QED) is 0.485. The van der Waals surface area contributed by atoms with Crippen LogP contribution in [-0.2, 0) is 0 Å². The van der Waals surface area contributed by atoms with Crippen molar-refractivity contribution in [1.82, 2.24) is 4.98 Å². The Bertz CT molecular complexity index is 1220. The molecule has 4 rings (SSSR count). The number of fused-ring (bicyclic) bond motifs is 1. The van der Waals surface area contributed by atoms with Crippen molar-refractivity contribution in [3.63, 3.8) is 0 Å². The van der Waals surface area contributed by atoms with E-state index in [2.05, 4.69) is 10.3 Å². The van der Waals surface area contributed by atoms with Gasteiger partial charge in [0.25, 0.3) is 5.91 Å². The minimum absolute atomic E-state index is 0.263. The van der Waals surface area contributed by atoms with Gasteiger partial charge in [0.2, 0.25) is 5.89 Å². The standard InChI is InChI=1S/C24H22N2O4/c1-14-5-8-20-22(9-14)30-24(26-20)16-7-6-15(2)21(12-16)25-23(27)17-10-18(28-3)13-19(11-17)29-4/h5-13H,1-4H3,(H,25,27). The molecule has 0 unspecified atom stereocenters. The van der Waals surface area contributed by atoms with Gasteiger partial charge in [0.1, 0.15) is 17.0 Å². The number of hydrogen-bond donors (Lipinski definition) is 1. The van der Waals surface area contributed by atoms with Crippen LogP contribution in [0.1, 0.15) is 21.5 Å². The Hall–Kier alpha value is -3.80. The fourth-order valence-electron chi connectivity index (χ4n) is 3.18.